The van der Waals surface area contributed by atoms with E-state index >= 15 is 0 Å². The van der Waals surface area contributed by atoms with Crippen molar-refractivity contribution >= 4 is 22.3 Å². The number of ether oxygens (including phenoxy) is 1. The van der Waals surface area contributed by atoms with Crippen LogP contribution in [0.4, 0.5) is 0 Å². The molecule has 0 aromatic heterocycles. The molecule has 86 valence electrons. The smallest absolute Gasteiger partial charge is 0.338 e. The largest absolute Gasteiger partial charge is 0.465 e. The van der Waals surface area contributed by atoms with Crippen LogP contribution in [0.2, 0.25) is 0 Å². The zero-order valence-corrected chi connectivity index (χ0v) is 9.99. The van der Waals surface area contributed by atoms with Gasteiger partial charge in [0.1, 0.15) is 0 Å². The average molecular weight is 226 g/mol. The molecule has 2 nitrogen and oxygen atoms in total. The van der Waals surface area contributed by atoms with Gasteiger partial charge in [0.2, 0.25) is 0 Å². The summed E-state index contributed by atoms with van der Waals surface area (Å²) in [6.45, 7) is 5.86. The number of carbonyl (C=O) groups is 1. The number of hydrogen-bond acceptors (Lipinski definition) is 2. The fourth-order valence-electron chi connectivity index (χ4n) is 1.83. The van der Waals surface area contributed by atoms with E-state index in [2.05, 4.69) is 6.58 Å². The summed E-state index contributed by atoms with van der Waals surface area (Å²) in [5.41, 5.74) is 2.61. The molecule has 2 heteroatoms. The van der Waals surface area contributed by atoms with Crippen LogP contribution in [0.25, 0.3) is 16.3 Å². The van der Waals surface area contributed by atoms with Crippen LogP contribution in [0, 0.1) is 0 Å². The highest BCUT2D eigenvalue weighted by molar-refractivity contribution is 6.05. The minimum atomic E-state index is -0.311. The van der Waals surface area contributed by atoms with E-state index in [-0.39, 0.29) is 5.97 Å². The van der Waals surface area contributed by atoms with Gasteiger partial charge in [0, 0.05) is 0 Å². The van der Waals surface area contributed by atoms with Crippen LogP contribution >= 0.6 is 0 Å². The van der Waals surface area contributed by atoms with Crippen molar-refractivity contribution in [2.75, 3.05) is 7.11 Å². The summed E-state index contributed by atoms with van der Waals surface area (Å²) in [4.78, 5) is 11.7. The summed E-state index contributed by atoms with van der Waals surface area (Å²) in [5.74, 6) is -0.311. The standard InChI is InChI=1S/C15H14O2/c1-10(2)12-8-7-11-5-4-6-13(14(11)9-12)15(16)17-3/h4-9H,1H2,2-3H3. The molecule has 2 rings (SSSR count). The number of allylic oxidation sites excluding steroid dienone is 1. The molecule has 0 radical (unpaired) electrons. The maximum atomic E-state index is 11.7. The molecule has 0 aliphatic heterocycles. The Bertz CT molecular complexity index is 597. The molecule has 0 fully saturated rings. The van der Waals surface area contributed by atoms with Gasteiger partial charge in [-0.3, -0.25) is 0 Å². The summed E-state index contributed by atoms with van der Waals surface area (Å²) in [6.07, 6.45) is 0. The monoisotopic (exact) mass is 226 g/mol. The minimum Gasteiger partial charge on any atom is -0.465 e. The molecule has 0 spiro atoms. The van der Waals surface area contributed by atoms with E-state index in [1.807, 2.05) is 37.3 Å². The number of esters is 1. The van der Waals surface area contributed by atoms with Crippen molar-refractivity contribution in [1.82, 2.24) is 0 Å². The van der Waals surface area contributed by atoms with Gasteiger partial charge in [0.15, 0.2) is 0 Å². The van der Waals surface area contributed by atoms with E-state index < -0.39 is 0 Å². The lowest BCUT2D eigenvalue weighted by Gasteiger charge is -2.07. The highest BCUT2D eigenvalue weighted by atomic mass is 16.5. The topological polar surface area (TPSA) is 26.3 Å². The molecule has 0 saturated carbocycles. The summed E-state index contributed by atoms with van der Waals surface area (Å²) >= 11 is 0. The van der Waals surface area contributed by atoms with Crippen molar-refractivity contribution < 1.29 is 9.53 Å². The van der Waals surface area contributed by atoms with Crippen molar-refractivity contribution in [2.24, 2.45) is 0 Å². The Morgan fingerprint density at radius 3 is 2.65 bits per heavy atom. The first-order chi connectivity index (χ1) is 8.13. The predicted molar refractivity (Wildman–Crippen MR) is 70.0 cm³/mol. The maximum Gasteiger partial charge on any atom is 0.338 e. The van der Waals surface area contributed by atoms with Gasteiger partial charge in [-0.05, 0) is 35.4 Å². The number of carbonyl (C=O) groups excluding carboxylic acids is 1. The van der Waals surface area contributed by atoms with Crippen LogP contribution in [-0.2, 0) is 4.74 Å². The number of fused-ring (bicyclic) bond motifs is 1. The van der Waals surface area contributed by atoms with Gasteiger partial charge < -0.3 is 4.74 Å². The van der Waals surface area contributed by atoms with Crippen LogP contribution in [0.5, 0.6) is 0 Å². The number of methoxy groups -OCH3 is 1. The fraction of sp³-hybridized carbons (Fsp3) is 0.133. The lowest BCUT2D eigenvalue weighted by atomic mass is 9.99. The SMILES string of the molecule is C=C(C)c1ccc2cccc(C(=O)OC)c2c1. The Morgan fingerprint density at radius 1 is 1.24 bits per heavy atom. The molecule has 0 amide bonds. The first-order valence-electron chi connectivity index (χ1n) is 5.40. The molecular weight excluding hydrogens is 212 g/mol. The highest BCUT2D eigenvalue weighted by Crippen LogP contribution is 2.23. The van der Waals surface area contributed by atoms with Crippen molar-refractivity contribution in [2.45, 2.75) is 6.92 Å². The summed E-state index contributed by atoms with van der Waals surface area (Å²) in [5, 5.41) is 1.93. The fourth-order valence-corrected chi connectivity index (χ4v) is 1.83. The molecule has 17 heavy (non-hydrogen) atoms. The number of rotatable bonds is 2. The third kappa shape index (κ3) is 2.07. The maximum absolute atomic E-state index is 11.7. The van der Waals surface area contributed by atoms with Crippen LogP contribution in [0.3, 0.4) is 0 Å². The zero-order chi connectivity index (χ0) is 12.4. The van der Waals surface area contributed by atoms with Crippen molar-refractivity contribution in [3.63, 3.8) is 0 Å². The van der Waals surface area contributed by atoms with Gasteiger partial charge in [-0.15, -0.1) is 0 Å². The normalized spacial score (nSPS) is 10.2. The van der Waals surface area contributed by atoms with E-state index in [1.54, 1.807) is 6.07 Å². The molecule has 0 saturated heterocycles. The first-order valence-corrected chi connectivity index (χ1v) is 5.40. The lowest BCUT2D eigenvalue weighted by molar-refractivity contribution is 0.0603. The molecular formula is C15H14O2. The van der Waals surface area contributed by atoms with Gasteiger partial charge in [-0.1, -0.05) is 36.4 Å². The summed E-state index contributed by atoms with van der Waals surface area (Å²) < 4.78 is 4.78. The zero-order valence-electron chi connectivity index (χ0n) is 9.99. The Balaban J connectivity index is 2.72. The molecule has 0 bridgehead atoms. The second-order valence-corrected chi connectivity index (χ2v) is 4.01. The Kier molecular flexibility index (Phi) is 2.96. The third-order valence-electron chi connectivity index (χ3n) is 2.78. The van der Waals surface area contributed by atoms with Crippen molar-refractivity contribution in [1.29, 1.82) is 0 Å². The van der Waals surface area contributed by atoms with Crippen LogP contribution < -0.4 is 0 Å². The van der Waals surface area contributed by atoms with Gasteiger partial charge in [-0.25, -0.2) is 4.79 Å². The molecule has 0 aliphatic rings. The lowest BCUT2D eigenvalue weighted by Crippen LogP contribution is -2.01. The van der Waals surface area contributed by atoms with Gasteiger partial charge >= 0.3 is 5.97 Å². The summed E-state index contributed by atoms with van der Waals surface area (Å²) in [6, 6.07) is 11.6. The predicted octanol–water partition coefficient (Wildman–Crippen LogP) is 3.66. The molecule has 0 atom stereocenters. The molecule has 0 aliphatic carbocycles. The Hall–Kier alpha value is -2.09. The summed E-state index contributed by atoms with van der Waals surface area (Å²) in [7, 11) is 1.39. The number of hydrogen-bond donors (Lipinski definition) is 0. The second-order valence-electron chi connectivity index (χ2n) is 4.01. The highest BCUT2D eigenvalue weighted by Gasteiger charge is 2.10. The van der Waals surface area contributed by atoms with E-state index in [9.17, 15) is 4.79 Å². The van der Waals surface area contributed by atoms with E-state index in [4.69, 9.17) is 4.74 Å². The molecule has 0 heterocycles. The second kappa shape index (κ2) is 4.42. The van der Waals surface area contributed by atoms with Crippen molar-refractivity contribution in [3.05, 3.63) is 54.1 Å². The van der Waals surface area contributed by atoms with Gasteiger partial charge in [0.25, 0.3) is 0 Å². The third-order valence-corrected chi connectivity index (χ3v) is 2.78. The Morgan fingerprint density at radius 2 is 2.00 bits per heavy atom. The molecule has 0 N–H and O–H groups in total. The van der Waals surface area contributed by atoms with Gasteiger partial charge in [-0.2, -0.15) is 0 Å². The van der Waals surface area contributed by atoms with E-state index in [0.29, 0.717) is 5.56 Å². The van der Waals surface area contributed by atoms with E-state index in [0.717, 1.165) is 21.9 Å². The molecule has 2 aromatic carbocycles. The van der Waals surface area contributed by atoms with E-state index in [1.165, 1.54) is 7.11 Å². The van der Waals surface area contributed by atoms with Crippen LogP contribution in [0.1, 0.15) is 22.8 Å². The average Bonchev–Trinajstić information content (AvgIpc) is 2.36. The Labute approximate surface area is 101 Å². The van der Waals surface area contributed by atoms with Crippen LogP contribution in [-0.4, -0.2) is 13.1 Å². The minimum absolute atomic E-state index is 0.311. The van der Waals surface area contributed by atoms with Crippen LogP contribution in [0.15, 0.2) is 43.0 Å². The number of benzene rings is 2. The quantitative estimate of drug-likeness (QED) is 0.730. The first kappa shape index (κ1) is 11.4. The van der Waals surface area contributed by atoms with Gasteiger partial charge in [0.05, 0.1) is 12.7 Å². The van der Waals surface area contributed by atoms with Crippen molar-refractivity contribution in [3.8, 4) is 0 Å². The molecule has 0 unspecified atom stereocenters. The molecule has 2 aromatic rings.